The van der Waals surface area contributed by atoms with Gasteiger partial charge in [0.2, 0.25) is 0 Å². The van der Waals surface area contributed by atoms with Gasteiger partial charge in [0, 0.05) is 31.5 Å². The first-order chi connectivity index (χ1) is 11.9. The monoisotopic (exact) mass is 369 g/mol. The lowest BCUT2D eigenvalue weighted by atomic mass is 9.92. The summed E-state index contributed by atoms with van der Waals surface area (Å²) in [5, 5.41) is 10.5. The fraction of sp³-hybridized carbons (Fsp3) is 0.526. The molecule has 2 rings (SSSR count). The quantitative estimate of drug-likeness (QED) is 0.708. The molecule has 1 heterocycles. The molecule has 1 aliphatic heterocycles. The van der Waals surface area contributed by atoms with Gasteiger partial charge in [0.05, 0.1) is 5.56 Å². The third-order valence-electron chi connectivity index (χ3n) is 3.89. The van der Waals surface area contributed by atoms with Gasteiger partial charge in [0.1, 0.15) is 11.2 Å². The fourth-order valence-corrected chi connectivity index (χ4v) is 2.44. The van der Waals surface area contributed by atoms with Crippen molar-refractivity contribution in [3.8, 4) is 11.8 Å². The van der Waals surface area contributed by atoms with Crippen LogP contribution in [0.1, 0.15) is 44.7 Å². The Balaban J connectivity index is 1.98. The van der Waals surface area contributed by atoms with Crippen LogP contribution in [-0.2, 0) is 10.9 Å². The summed E-state index contributed by atoms with van der Waals surface area (Å²) in [5.74, 6) is 5.44. The molecule has 1 N–H and O–H groups in total. The number of rotatable bonds is 0. The van der Waals surface area contributed by atoms with E-state index in [1.807, 2.05) is 0 Å². The van der Waals surface area contributed by atoms with Gasteiger partial charge in [-0.2, -0.15) is 13.2 Å². The first-order valence-corrected chi connectivity index (χ1v) is 8.29. The SMILES string of the molecule is CC(C)(C)OC(=O)N1CCC(O)(C#Cc2ccc(C(F)(F)F)cc2)CC1. The van der Waals surface area contributed by atoms with Gasteiger partial charge in [0.15, 0.2) is 0 Å². The Kier molecular flexibility index (Phi) is 5.57. The van der Waals surface area contributed by atoms with Crippen LogP contribution >= 0.6 is 0 Å². The molecule has 0 atom stereocenters. The van der Waals surface area contributed by atoms with Crippen molar-refractivity contribution in [2.75, 3.05) is 13.1 Å². The molecule has 26 heavy (non-hydrogen) atoms. The summed E-state index contributed by atoms with van der Waals surface area (Å²) in [6, 6.07) is 4.46. The second kappa shape index (κ2) is 7.20. The van der Waals surface area contributed by atoms with Crippen LogP contribution in [-0.4, -0.2) is 40.4 Å². The van der Waals surface area contributed by atoms with Crippen molar-refractivity contribution >= 4 is 6.09 Å². The number of hydrogen-bond acceptors (Lipinski definition) is 3. The molecule has 4 nitrogen and oxygen atoms in total. The maximum absolute atomic E-state index is 12.5. The van der Waals surface area contributed by atoms with Crippen LogP contribution in [0.4, 0.5) is 18.0 Å². The summed E-state index contributed by atoms with van der Waals surface area (Å²) in [6.07, 6.45) is -4.33. The van der Waals surface area contributed by atoms with Gasteiger partial charge in [-0.15, -0.1) is 0 Å². The highest BCUT2D eigenvalue weighted by atomic mass is 19.4. The van der Waals surface area contributed by atoms with Gasteiger partial charge in [-0.1, -0.05) is 11.8 Å². The highest BCUT2D eigenvalue weighted by Crippen LogP contribution is 2.29. The van der Waals surface area contributed by atoms with E-state index in [0.717, 1.165) is 12.1 Å². The first-order valence-electron chi connectivity index (χ1n) is 8.29. The van der Waals surface area contributed by atoms with E-state index in [1.54, 1.807) is 20.8 Å². The molecule has 142 valence electrons. The van der Waals surface area contributed by atoms with Crippen LogP contribution in [0.15, 0.2) is 24.3 Å². The molecule has 0 unspecified atom stereocenters. The van der Waals surface area contributed by atoms with Gasteiger partial charge in [0.25, 0.3) is 0 Å². The van der Waals surface area contributed by atoms with Crippen LogP contribution < -0.4 is 0 Å². The predicted octanol–water partition coefficient (Wildman–Crippen LogP) is 3.82. The molecule has 0 aromatic heterocycles. The number of likely N-dealkylation sites (tertiary alicyclic amines) is 1. The van der Waals surface area contributed by atoms with Gasteiger partial charge >= 0.3 is 12.3 Å². The number of halogens is 3. The molecule has 0 aliphatic carbocycles. The average molecular weight is 369 g/mol. The normalized spacial score (nSPS) is 17.3. The Labute approximate surface area is 150 Å². The predicted molar refractivity (Wildman–Crippen MR) is 90.3 cm³/mol. The molecule has 1 amide bonds. The summed E-state index contributed by atoms with van der Waals surface area (Å²) >= 11 is 0. The number of alkyl halides is 3. The molecule has 1 aliphatic rings. The minimum Gasteiger partial charge on any atom is -0.444 e. The van der Waals surface area contributed by atoms with Crippen molar-refractivity contribution in [2.45, 2.75) is 51.0 Å². The van der Waals surface area contributed by atoms with Crippen molar-refractivity contribution in [3.63, 3.8) is 0 Å². The van der Waals surface area contributed by atoms with E-state index in [-0.39, 0.29) is 12.8 Å². The molecule has 0 bridgehead atoms. The van der Waals surface area contributed by atoms with Crippen LogP contribution in [0.2, 0.25) is 0 Å². The summed E-state index contributed by atoms with van der Waals surface area (Å²) in [6.45, 7) is 5.93. The van der Waals surface area contributed by atoms with E-state index in [0.29, 0.717) is 18.7 Å². The van der Waals surface area contributed by atoms with Crippen molar-refractivity contribution in [1.29, 1.82) is 0 Å². The van der Waals surface area contributed by atoms with Crippen LogP contribution in [0, 0.1) is 11.8 Å². The number of aliphatic hydroxyl groups is 1. The summed E-state index contributed by atoms with van der Waals surface area (Å²) in [4.78, 5) is 13.5. The maximum Gasteiger partial charge on any atom is 0.416 e. The molecule has 0 spiro atoms. The van der Waals surface area contributed by atoms with E-state index < -0.39 is 29.0 Å². The maximum atomic E-state index is 12.5. The number of benzene rings is 1. The first kappa shape index (κ1) is 20.1. The standard InChI is InChI=1S/C19H22F3NO3/c1-17(2,3)26-16(24)23-12-10-18(25,11-13-23)9-8-14-4-6-15(7-5-14)19(20,21)22/h4-7,25H,10-13H2,1-3H3. The minimum atomic E-state index is -4.39. The van der Waals surface area contributed by atoms with Crippen molar-refractivity contribution in [3.05, 3.63) is 35.4 Å². The van der Waals surface area contributed by atoms with Gasteiger partial charge in [-0.25, -0.2) is 4.79 Å². The molecule has 7 heteroatoms. The number of hydrogen-bond donors (Lipinski definition) is 1. The number of piperidine rings is 1. The van der Waals surface area contributed by atoms with Crippen molar-refractivity contribution < 1.29 is 27.8 Å². The zero-order valence-electron chi connectivity index (χ0n) is 15.0. The largest absolute Gasteiger partial charge is 0.444 e. The van der Waals surface area contributed by atoms with E-state index in [9.17, 15) is 23.1 Å². The Hall–Kier alpha value is -2.20. The third-order valence-corrected chi connectivity index (χ3v) is 3.89. The highest BCUT2D eigenvalue weighted by molar-refractivity contribution is 5.68. The molecule has 0 radical (unpaired) electrons. The molecular weight excluding hydrogens is 347 g/mol. The van der Waals surface area contributed by atoms with E-state index in [4.69, 9.17) is 4.74 Å². The average Bonchev–Trinajstić information content (AvgIpc) is 2.51. The second-order valence-electron chi connectivity index (χ2n) is 7.32. The van der Waals surface area contributed by atoms with E-state index in [2.05, 4.69) is 11.8 Å². The molecule has 1 fully saturated rings. The zero-order chi connectivity index (χ0) is 19.6. The van der Waals surface area contributed by atoms with Crippen LogP contribution in [0.5, 0.6) is 0 Å². The lowest BCUT2D eigenvalue weighted by Crippen LogP contribution is -2.47. The second-order valence-corrected chi connectivity index (χ2v) is 7.32. The molecule has 0 saturated carbocycles. The topological polar surface area (TPSA) is 49.8 Å². The fourth-order valence-electron chi connectivity index (χ4n) is 2.44. The Morgan fingerprint density at radius 2 is 1.69 bits per heavy atom. The molecule has 1 aromatic rings. The lowest BCUT2D eigenvalue weighted by molar-refractivity contribution is -0.137. The van der Waals surface area contributed by atoms with Crippen molar-refractivity contribution in [1.82, 2.24) is 4.90 Å². The smallest absolute Gasteiger partial charge is 0.416 e. The van der Waals surface area contributed by atoms with Crippen LogP contribution in [0.3, 0.4) is 0 Å². The molecule has 1 aromatic carbocycles. The Morgan fingerprint density at radius 3 is 2.15 bits per heavy atom. The third kappa shape index (κ3) is 5.67. The van der Waals surface area contributed by atoms with Gasteiger partial charge in [-0.05, 0) is 45.0 Å². The molecular formula is C19H22F3NO3. The van der Waals surface area contributed by atoms with Gasteiger partial charge < -0.3 is 14.7 Å². The molecule has 1 saturated heterocycles. The number of nitrogens with zero attached hydrogens (tertiary/aromatic N) is 1. The number of carbonyl (C=O) groups is 1. The highest BCUT2D eigenvalue weighted by Gasteiger charge is 2.34. The summed E-state index contributed by atoms with van der Waals surface area (Å²) in [5.41, 5.74) is -2.22. The van der Waals surface area contributed by atoms with E-state index >= 15 is 0 Å². The zero-order valence-corrected chi connectivity index (χ0v) is 15.0. The minimum absolute atomic E-state index is 0.250. The Bertz CT molecular complexity index is 701. The number of ether oxygens (including phenoxy) is 1. The number of amides is 1. The van der Waals surface area contributed by atoms with E-state index in [1.165, 1.54) is 17.0 Å². The number of carbonyl (C=O) groups excluding carboxylic acids is 1. The lowest BCUT2D eigenvalue weighted by Gasteiger charge is -2.35. The summed E-state index contributed by atoms with van der Waals surface area (Å²) < 4.78 is 42.9. The Morgan fingerprint density at radius 1 is 1.15 bits per heavy atom. The van der Waals surface area contributed by atoms with Crippen molar-refractivity contribution in [2.24, 2.45) is 0 Å². The van der Waals surface area contributed by atoms with Gasteiger partial charge in [-0.3, -0.25) is 0 Å². The van der Waals surface area contributed by atoms with Crippen LogP contribution in [0.25, 0.3) is 0 Å². The summed E-state index contributed by atoms with van der Waals surface area (Å²) in [7, 11) is 0.